The van der Waals surface area contributed by atoms with Crippen molar-refractivity contribution in [2.75, 3.05) is 7.11 Å². The van der Waals surface area contributed by atoms with Crippen molar-refractivity contribution in [1.82, 2.24) is 0 Å². The molecule has 0 spiro atoms. The Kier molecular flexibility index (Phi) is 3.79. The van der Waals surface area contributed by atoms with E-state index < -0.39 is 5.97 Å². The van der Waals surface area contributed by atoms with Gasteiger partial charge in [-0.2, -0.15) is 5.26 Å². The van der Waals surface area contributed by atoms with Crippen LogP contribution in [0.4, 0.5) is 0 Å². The Balaban J connectivity index is 2.29. The highest BCUT2D eigenvalue weighted by molar-refractivity contribution is 5.86. The van der Waals surface area contributed by atoms with Crippen molar-refractivity contribution in [3.8, 4) is 17.4 Å². The number of hydrogen-bond donors (Lipinski definition) is 0. The summed E-state index contributed by atoms with van der Waals surface area (Å²) in [5, 5.41) is 9.03. The van der Waals surface area contributed by atoms with Gasteiger partial charge >= 0.3 is 5.97 Å². The van der Waals surface area contributed by atoms with Gasteiger partial charge in [-0.15, -0.1) is 0 Å². The van der Waals surface area contributed by atoms with E-state index >= 15 is 0 Å². The van der Waals surface area contributed by atoms with Crippen LogP contribution in [0.15, 0.2) is 46.9 Å². The number of rotatable bonds is 3. The molecule has 0 saturated carbocycles. The molecule has 0 aliphatic rings. The number of nitriles is 1. The van der Waals surface area contributed by atoms with Crippen LogP contribution in [0.1, 0.15) is 11.3 Å². The normalized spacial score (nSPS) is 10.3. The van der Waals surface area contributed by atoms with Crippen LogP contribution in [0.5, 0.6) is 0 Å². The summed E-state index contributed by atoms with van der Waals surface area (Å²) in [6.45, 7) is 0. The summed E-state index contributed by atoms with van der Waals surface area (Å²) in [6, 6.07) is 12.8. The first-order chi connectivity index (χ1) is 9.24. The highest BCUT2D eigenvalue weighted by Gasteiger charge is 2.07. The molecule has 1 aromatic carbocycles. The second kappa shape index (κ2) is 5.69. The van der Waals surface area contributed by atoms with Gasteiger partial charge in [0.1, 0.15) is 11.5 Å². The molecule has 2 rings (SSSR count). The van der Waals surface area contributed by atoms with Gasteiger partial charge in [0.2, 0.25) is 0 Å². The third-order valence-corrected chi connectivity index (χ3v) is 2.52. The van der Waals surface area contributed by atoms with Crippen LogP contribution in [0.3, 0.4) is 0 Å². The van der Waals surface area contributed by atoms with Crippen molar-refractivity contribution in [2.45, 2.75) is 0 Å². The Morgan fingerprint density at radius 2 is 2.11 bits per heavy atom. The van der Waals surface area contributed by atoms with E-state index in [0.717, 1.165) is 5.56 Å². The largest absolute Gasteiger partial charge is 0.466 e. The van der Waals surface area contributed by atoms with E-state index in [4.69, 9.17) is 9.68 Å². The van der Waals surface area contributed by atoms with Gasteiger partial charge in [-0.3, -0.25) is 0 Å². The fraction of sp³-hybridized carbons (Fsp3) is 0.0667. The number of carbonyl (C=O) groups is 1. The molecule has 1 aromatic heterocycles. The minimum atomic E-state index is -0.449. The van der Waals surface area contributed by atoms with Gasteiger partial charge in [0.25, 0.3) is 0 Å². The molecule has 0 N–H and O–H groups in total. The van der Waals surface area contributed by atoms with Gasteiger partial charge in [0.15, 0.2) is 0 Å². The fourth-order valence-electron chi connectivity index (χ4n) is 1.60. The number of methoxy groups -OCH3 is 1. The van der Waals surface area contributed by atoms with Crippen molar-refractivity contribution in [3.05, 3.63) is 53.8 Å². The lowest BCUT2D eigenvalue weighted by atomic mass is 10.1. The Bertz CT molecular complexity index is 662. The molecule has 2 aromatic rings. The van der Waals surface area contributed by atoms with Crippen LogP contribution in [0, 0.1) is 11.3 Å². The SMILES string of the molecule is COC(=O)/C=C/c1ccc(-c2ccccc2C#N)o1. The van der Waals surface area contributed by atoms with Crippen LogP contribution in [0.2, 0.25) is 0 Å². The number of furan rings is 1. The zero-order valence-corrected chi connectivity index (χ0v) is 10.3. The number of carbonyl (C=O) groups excluding carboxylic acids is 1. The molecule has 0 bridgehead atoms. The quantitative estimate of drug-likeness (QED) is 0.623. The van der Waals surface area contributed by atoms with Crippen molar-refractivity contribution in [1.29, 1.82) is 5.26 Å². The summed E-state index contributed by atoms with van der Waals surface area (Å²) in [5.74, 6) is 0.658. The lowest BCUT2D eigenvalue weighted by molar-refractivity contribution is -0.134. The topological polar surface area (TPSA) is 63.2 Å². The molecule has 0 saturated heterocycles. The lowest BCUT2D eigenvalue weighted by Gasteiger charge is -1.98. The Hall–Kier alpha value is -2.80. The summed E-state index contributed by atoms with van der Waals surface area (Å²) >= 11 is 0. The average Bonchev–Trinajstić information content (AvgIpc) is 2.93. The molecular weight excluding hydrogens is 242 g/mol. The summed E-state index contributed by atoms with van der Waals surface area (Å²) in [5.41, 5.74) is 1.27. The second-order valence-corrected chi connectivity index (χ2v) is 3.72. The molecule has 0 aliphatic heterocycles. The van der Waals surface area contributed by atoms with E-state index in [2.05, 4.69) is 10.8 Å². The van der Waals surface area contributed by atoms with E-state index in [1.54, 1.807) is 24.3 Å². The molecule has 4 heteroatoms. The van der Waals surface area contributed by atoms with Gasteiger partial charge in [-0.1, -0.05) is 12.1 Å². The second-order valence-electron chi connectivity index (χ2n) is 3.72. The van der Waals surface area contributed by atoms with Gasteiger partial charge in [-0.05, 0) is 30.3 Å². The van der Waals surface area contributed by atoms with Gasteiger partial charge in [0.05, 0.1) is 18.7 Å². The standard InChI is InChI=1S/C15H11NO3/c1-18-15(17)9-7-12-6-8-14(19-12)13-5-3-2-4-11(13)10-16/h2-9H,1H3/b9-7+. The van der Waals surface area contributed by atoms with Gasteiger partial charge < -0.3 is 9.15 Å². The molecule has 0 radical (unpaired) electrons. The number of nitrogens with zero attached hydrogens (tertiary/aromatic N) is 1. The lowest BCUT2D eigenvalue weighted by Crippen LogP contribution is -1.92. The van der Waals surface area contributed by atoms with E-state index in [1.165, 1.54) is 19.3 Å². The van der Waals surface area contributed by atoms with Crippen molar-refractivity contribution < 1.29 is 13.9 Å². The number of ether oxygens (including phenoxy) is 1. The van der Waals surface area contributed by atoms with E-state index in [-0.39, 0.29) is 0 Å². The molecule has 1 heterocycles. The first-order valence-corrected chi connectivity index (χ1v) is 5.60. The minimum absolute atomic E-state index is 0.449. The first-order valence-electron chi connectivity index (χ1n) is 5.60. The monoisotopic (exact) mass is 253 g/mol. The molecule has 0 atom stereocenters. The molecule has 0 aliphatic carbocycles. The maximum atomic E-state index is 11.0. The third-order valence-electron chi connectivity index (χ3n) is 2.52. The van der Waals surface area contributed by atoms with Crippen LogP contribution >= 0.6 is 0 Å². The Morgan fingerprint density at radius 3 is 2.84 bits per heavy atom. The highest BCUT2D eigenvalue weighted by Crippen LogP contribution is 2.25. The number of esters is 1. The molecular formula is C15H11NO3. The van der Waals surface area contributed by atoms with E-state index in [0.29, 0.717) is 17.1 Å². The molecule has 94 valence electrons. The summed E-state index contributed by atoms with van der Waals surface area (Å²) < 4.78 is 10.1. The zero-order valence-electron chi connectivity index (χ0n) is 10.3. The Morgan fingerprint density at radius 1 is 1.32 bits per heavy atom. The summed E-state index contributed by atoms with van der Waals surface area (Å²) in [7, 11) is 1.31. The fourth-order valence-corrected chi connectivity index (χ4v) is 1.60. The van der Waals surface area contributed by atoms with E-state index in [1.807, 2.05) is 12.1 Å². The summed E-state index contributed by atoms with van der Waals surface area (Å²) in [6.07, 6.45) is 2.79. The molecule has 0 amide bonds. The van der Waals surface area contributed by atoms with Gasteiger partial charge in [-0.25, -0.2) is 4.79 Å². The maximum absolute atomic E-state index is 11.0. The highest BCUT2D eigenvalue weighted by atomic mass is 16.5. The predicted molar refractivity (Wildman–Crippen MR) is 69.9 cm³/mol. The van der Waals surface area contributed by atoms with Crippen molar-refractivity contribution in [3.63, 3.8) is 0 Å². The molecule has 0 unspecified atom stereocenters. The van der Waals surface area contributed by atoms with E-state index in [9.17, 15) is 4.79 Å². The first kappa shape index (κ1) is 12.7. The van der Waals surface area contributed by atoms with Crippen molar-refractivity contribution >= 4 is 12.0 Å². The summed E-state index contributed by atoms with van der Waals surface area (Å²) in [4.78, 5) is 11.0. The maximum Gasteiger partial charge on any atom is 0.330 e. The van der Waals surface area contributed by atoms with Crippen LogP contribution < -0.4 is 0 Å². The average molecular weight is 253 g/mol. The molecule has 4 nitrogen and oxygen atoms in total. The molecule has 0 fully saturated rings. The van der Waals surface area contributed by atoms with Crippen LogP contribution in [0.25, 0.3) is 17.4 Å². The van der Waals surface area contributed by atoms with Gasteiger partial charge in [0, 0.05) is 11.6 Å². The van der Waals surface area contributed by atoms with Crippen molar-refractivity contribution in [2.24, 2.45) is 0 Å². The predicted octanol–water partition coefficient (Wildman–Crippen LogP) is 3.00. The van der Waals surface area contributed by atoms with Crippen LogP contribution in [-0.4, -0.2) is 13.1 Å². The zero-order chi connectivity index (χ0) is 13.7. The Labute approximate surface area is 110 Å². The number of hydrogen-bond acceptors (Lipinski definition) is 4. The minimum Gasteiger partial charge on any atom is -0.466 e. The third kappa shape index (κ3) is 2.90. The molecule has 19 heavy (non-hydrogen) atoms. The van der Waals surface area contributed by atoms with Crippen LogP contribution in [-0.2, 0) is 9.53 Å². The smallest absolute Gasteiger partial charge is 0.330 e. The number of benzene rings is 1.